The normalized spacial score (nSPS) is 10.9. The van der Waals surface area contributed by atoms with E-state index >= 15 is 0 Å². The Morgan fingerprint density at radius 3 is 1.69 bits per heavy atom. The van der Waals surface area contributed by atoms with E-state index in [1.54, 1.807) is 12.4 Å². The van der Waals surface area contributed by atoms with Crippen LogP contribution in [0.4, 0.5) is 0 Å². The van der Waals surface area contributed by atoms with Crippen molar-refractivity contribution < 1.29 is 0 Å². The van der Waals surface area contributed by atoms with Gasteiger partial charge in [-0.05, 0) is 0 Å². The summed E-state index contributed by atoms with van der Waals surface area (Å²) in [7, 11) is 0. The van der Waals surface area contributed by atoms with Crippen molar-refractivity contribution in [2.24, 2.45) is 11.5 Å². The first-order valence-electron chi connectivity index (χ1n) is 5.29. The van der Waals surface area contributed by atoms with Crippen LogP contribution in [0.5, 0.6) is 0 Å². The van der Waals surface area contributed by atoms with Gasteiger partial charge < -0.3 is 20.6 Å². The minimum atomic E-state index is 0.584. The minimum absolute atomic E-state index is 0.584. The number of hydrogen-bond donors (Lipinski definition) is 2. The molecule has 0 radical (unpaired) electrons. The number of hydrogen-bond acceptors (Lipinski definition) is 4. The third kappa shape index (κ3) is 1.98. The standard InChI is InChI=1S/C10H16N6/c11-1-5-15-7-3-13-9(15)10-14-4-8-16(10)6-2-12/h3-4,7-8H,1-2,5-6,11-12H2. The highest BCUT2D eigenvalue weighted by Crippen LogP contribution is 2.14. The van der Waals surface area contributed by atoms with Crippen LogP contribution in [0.3, 0.4) is 0 Å². The van der Waals surface area contributed by atoms with Gasteiger partial charge in [0.15, 0.2) is 11.6 Å². The highest BCUT2D eigenvalue weighted by Gasteiger charge is 2.10. The zero-order valence-corrected chi connectivity index (χ0v) is 9.08. The van der Waals surface area contributed by atoms with Gasteiger partial charge in [-0.2, -0.15) is 0 Å². The van der Waals surface area contributed by atoms with E-state index in [0.717, 1.165) is 24.7 Å². The molecule has 4 N–H and O–H groups in total. The summed E-state index contributed by atoms with van der Waals surface area (Å²) < 4.78 is 3.99. The zero-order valence-electron chi connectivity index (χ0n) is 9.08. The van der Waals surface area contributed by atoms with E-state index in [1.165, 1.54) is 0 Å². The summed E-state index contributed by atoms with van der Waals surface area (Å²) >= 11 is 0. The molecule has 6 nitrogen and oxygen atoms in total. The molecule has 0 atom stereocenters. The summed E-state index contributed by atoms with van der Waals surface area (Å²) in [6.07, 6.45) is 7.33. The van der Waals surface area contributed by atoms with E-state index < -0.39 is 0 Å². The minimum Gasteiger partial charge on any atom is -0.329 e. The molecule has 2 aromatic heterocycles. The molecule has 2 rings (SSSR count). The summed E-state index contributed by atoms with van der Waals surface area (Å²) in [5, 5.41) is 0. The van der Waals surface area contributed by atoms with Crippen LogP contribution in [0.25, 0.3) is 11.6 Å². The van der Waals surface area contributed by atoms with Gasteiger partial charge in [0.25, 0.3) is 0 Å². The highest BCUT2D eigenvalue weighted by molar-refractivity contribution is 5.44. The molecule has 0 bridgehead atoms. The van der Waals surface area contributed by atoms with Crippen molar-refractivity contribution in [3.63, 3.8) is 0 Å². The fourth-order valence-electron chi connectivity index (χ4n) is 1.67. The molecule has 0 aliphatic heterocycles. The van der Waals surface area contributed by atoms with Gasteiger partial charge in [0, 0.05) is 51.0 Å². The van der Waals surface area contributed by atoms with Crippen LogP contribution in [0.1, 0.15) is 0 Å². The first-order chi connectivity index (χ1) is 7.86. The summed E-state index contributed by atoms with van der Waals surface area (Å²) in [6.45, 7) is 2.65. The number of aromatic nitrogens is 4. The molecule has 6 heteroatoms. The van der Waals surface area contributed by atoms with Gasteiger partial charge in [-0.15, -0.1) is 0 Å². The van der Waals surface area contributed by atoms with E-state index in [9.17, 15) is 0 Å². The van der Waals surface area contributed by atoms with Crippen LogP contribution in [0.2, 0.25) is 0 Å². The molecule has 0 amide bonds. The fourth-order valence-corrected chi connectivity index (χ4v) is 1.67. The van der Waals surface area contributed by atoms with Gasteiger partial charge in [-0.3, -0.25) is 0 Å². The quantitative estimate of drug-likeness (QED) is 0.722. The third-order valence-electron chi connectivity index (χ3n) is 2.37. The van der Waals surface area contributed by atoms with E-state index in [2.05, 4.69) is 9.97 Å². The molecule has 0 aliphatic carbocycles. The van der Waals surface area contributed by atoms with E-state index in [1.807, 2.05) is 21.5 Å². The number of imidazole rings is 2. The van der Waals surface area contributed by atoms with Crippen molar-refractivity contribution in [3.8, 4) is 11.6 Å². The Morgan fingerprint density at radius 1 is 0.875 bits per heavy atom. The number of nitrogens with zero attached hydrogens (tertiary/aromatic N) is 4. The molecular formula is C10H16N6. The first kappa shape index (κ1) is 10.8. The summed E-state index contributed by atoms with van der Waals surface area (Å²) in [4.78, 5) is 8.61. The summed E-state index contributed by atoms with van der Waals surface area (Å²) in [5.74, 6) is 1.67. The van der Waals surface area contributed by atoms with Crippen LogP contribution in [0.15, 0.2) is 24.8 Å². The van der Waals surface area contributed by atoms with Crippen molar-refractivity contribution >= 4 is 0 Å². The predicted molar refractivity (Wildman–Crippen MR) is 61.6 cm³/mol. The molecule has 86 valence electrons. The Bertz CT molecular complexity index is 401. The molecule has 0 saturated heterocycles. The van der Waals surface area contributed by atoms with Gasteiger partial charge in [-0.25, -0.2) is 9.97 Å². The molecule has 0 fully saturated rings. The lowest BCUT2D eigenvalue weighted by molar-refractivity contribution is 0.681. The van der Waals surface area contributed by atoms with Gasteiger partial charge >= 0.3 is 0 Å². The lowest BCUT2D eigenvalue weighted by atomic mass is 10.5. The average Bonchev–Trinajstić information content (AvgIpc) is 2.87. The van der Waals surface area contributed by atoms with Crippen molar-refractivity contribution in [1.29, 1.82) is 0 Å². The van der Waals surface area contributed by atoms with Crippen molar-refractivity contribution in [1.82, 2.24) is 19.1 Å². The third-order valence-corrected chi connectivity index (χ3v) is 2.37. The SMILES string of the molecule is NCCn1ccnc1-c1nccn1CCN. The Balaban J connectivity index is 2.34. The molecule has 2 aromatic rings. The fraction of sp³-hybridized carbons (Fsp3) is 0.400. The maximum atomic E-state index is 5.54. The molecule has 0 unspecified atom stereocenters. The summed E-state index contributed by atoms with van der Waals surface area (Å²) in [6, 6.07) is 0. The maximum Gasteiger partial charge on any atom is 0.176 e. The van der Waals surface area contributed by atoms with Crippen LogP contribution in [-0.2, 0) is 13.1 Å². The predicted octanol–water partition coefficient (Wildman–Crippen LogP) is -0.336. The summed E-state index contributed by atoms with van der Waals surface area (Å²) in [5.41, 5.74) is 11.1. The average molecular weight is 220 g/mol. The van der Waals surface area contributed by atoms with E-state index in [4.69, 9.17) is 11.5 Å². The van der Waals surface area contributed by atoms with E-state index in [0.29, 0.717) is 13.1 Å². The number of nitrogens with two attached hydrogens (primary N) is 2. The largest absolute Gasteiger partial charge is 0.329 e. The molecule has 2 heterocycles. The van der Waals surface area contributed by atoms with E-state index in [-0.39, 0.29) is 0 Å². The van der Waals surface area contributed by atoms with Crippen LogP contribution >= 0.6 is 0 Å². The van der Waals surface area contributed by atoms with Gasteiger partial charge in [0.05, 0.1) is 0 Å². The monoisotopic (exact) mass is 220 g/mol. The number of rotatable bonds is 5. The van der Waals surface area contributed by atoms with Gasteiger partial charge in [0.1, 0.15) is 0 Å². The van der Waals surface area contributed by atoms with Crippen molar-refractivity contribution in [2.75, 3.05) is 13.1 Å². The van der Waals surface area contributed by atoms with Crippen molar-refractivity contribution in [3.05, 3.63) is 24.8 Å². The van der Waals surface area contributed by atoms with Crippen LogP contribution < -0.4 is 11.5 Å². The lowest BCUT2D eigenvalue weighted by Gasteiger charge is -2.08. The molecule has 0 aromatic carbocycles. The molecular weight excluding hydrogens is 204 g/mol. The molecule has 0 spiro atoms. The smallest absolute Gasteiger partial charge is 0.176 e. The topological polar surface area (TPSA) is 87.7 Å². The Kier molecular flexibility index (Phi) is 3.33. The Hall–Kier alpha value is -1.66. The molecule has 0 aliphatic rings. The Labute approximate surface area is 93.9 Å². The Morgan fingerprint density at radius 2 is 1.31 bits per heavy atom. The molecule has 16 heavy (non-hydrogen) atoms. The van der Waals surface area contributed by atoms with Crippen LogP contribution in [-0.4, -0.2) is 32.2 Å². The maximum absolute atomic E-state index is 5.54. The lowest BCUT2D eigenvalue weighted by Crippen LogP contribution is -2.14. The second-order valence-corrected chi connectivity index (χ2v) is 3.47. The second kappa shape index (κ2) is 4.91. The first-order valence-corrected chi connectivity index (χ1v) is 5.29. The van der Waals surface area contributed by atoms with Crippen molar-refractivity contribution in [2.45, 2.75) is 13.1 Å². The van der Waals surface area contributed by atoms with Gasteiger partial charge in [0.2, 0.25) is 0 Å². The highest BCUT2D eigenvalue weighted by atomic mass is 15.2. The zero-order chi connectivity index (χ0) is 11.4. The second-order valence-electron chi connectivity index (χ2n) is 3.47. The molecule has 0 saturated carbocycles. The van der Waals surface area contributed by atoms with Gasteiger partial charge in [-0.1, -0.05) is 0 Å². The van der Waals surface area contributed by atoms with Crippen LogP contribution in [0, 0.1) is 0 Å².